The Morgan fingerprint density at radius 3 is 2.67 bits per heavy atom. The normalized spacial score (nSPS) is 10.7. The van der Waals surface area contributed by atoms with E-state index in [9.17, 15) is 4.79 Å². The van der Waals surface area contributed by atoms with Crippen molar-refractivity contribution >= 4 is 49.9 Å². The lowest BCUT2D eigenvalue weighted by Gasteiger charge is -2.14. The Morgan fingerprint density at radius 2 is 1.92 bits per heavy atom. The Hall–Kier alpha value is -2.04. The number of carbonyl (C=O) groups excluding carboxylic acids is 1. The highest BCUT2D eigenvalue weighted by Gasteiger charge is 2.19. The van der Waals surface area contributed by atoms with Gasteiger partial charge < -0.3 is 10.1 Å². The summed E-state index contributed by atoms with van der Waals surface area (Å²) in [5, 5.41) is 5.47. The molecule has 122 valence electrons. The molecule has 1 N–H and O–H groups in total. The number of halogens is 2. The van der Waals surface area contributed by atoms with Crippen LogP contribution in [0, 0.1) is 6.92 Å². The molecule has 0 aliphatic rings. The van der Waals surface area contributed by atoms with Gasteiger partial charge in [0.2, 0.25) is 0 Å². The topological polar surface area (TPSA) is 38.3 Å². The van der Waals surface area contributed by atoms with Crippen molar-refractivity contribution in [2.24, 2.45) is 0 Å². The van der Waals surface area contributed by atoms with Crippen molar-refractivity contribution in [3.05, 3.63) is 69.2 Å². The van der Waals surface area contributed by atoms with E-state index < -0.39 is 0 Å². The van der Waals surface area contributed by atoms with Gasteiger partial charge in [-0.05, 0) is 57.4 Å². The van der Waals surface area contributed by atoms with Crippen molar-refractivity contribution in [1.29, 1.82) is 0 Å². The lowest BCUT2D eigenvalue weighted by atomic mass is 10.0. The van der Waals surface area contributed by atoms with Gasteiger partial charge in [0.05, 0.1) is 17.1 Å². The third-order valence-corrected chi connectivity index (χ3v) is 5.10. The van der Waals surface area contributed by atoms with Crippen LogP contribution in [0.4, 0.5) is 5.69 Å². The highest BCUT2D eigenvalue weighted by atomic mass is 79.9. The first kappa shape index (κ1) is 16.8. The minimum Gasteiger partial charge on any atom is -0.495 e. The van der Waals surface area contributed by atoms with Crippen molar-refractivity contribution in [3.8, 4) is 5.75 Å². The van der Waals surface area contributed by atoms with E-state index in [1.165, 1.54) is 0 Å². The number of fused-ring (bicyclic) bond motifs is 1. The fourth-order valence-corrected chi connectivity index (χ4v) is 3.50. The van der Waals surface area contributed by atoms with Crippen LogP contribution in [0.5, 0.6) is 5.75 Å². The van der Waals surface area contributed by atoms with E-state index in [0.29, 0.717) is 22.0 Å². The summed E-state index contributed by atoms with van der Waals surface area (Å²) in [5.74, 6) is 0.259. The third-order valence-electron chi connectivity index (χ3n) is 3.91. The predicted octanol–water partition coefficient (Wildman–Crippen LogP) is 5.83. The molecule has 0 atom stereocenters. The molecule has 24 heavy (non-hydrogen) atoms. The van der Waals surface area contributed by atoms with Gasteiger partial charge >= 0.3 is 0 Å². The van der Waals surface area contributed by atoms with E-state index >= 15 is 0 Å². The number of hydrogen-bond acceptors (Lipinski definition) is 2. The molecular weight excluding hydrogens is 390 g/mol. The summed E-state index contributed by atoms with van der Waals surface area (Å²) in [5.41, 5.74) is 1.97. The molecule has 0 spiro atoms. The van der Waals surface area contributed by atoms with Gasteiger partial charge in [0.1, 0.15) is 5.75 Å². The first-order valence-electron chi connectivity index (χ1n) is 7.34. The zero-order valence-electron chi connectivity index (χ0n) is 13.2. The molecule has 0 radical (unpaired) electrons. The minimum absolute atomic E-state index is 0.247. The van der Waals surface area contributed by atoms with Crippen LogP contribution < -0.4 is 10.1 Å². The Morgan fingerprint density at radius 1 is 1.17 bits per heavy atom. The first-order valence-corrected chi connectivity index (χ1v) is 8.51. The number of hydrogen-bond donors (Lipinski definition) is 1. The van der Waals surface area contributed by atoms with Crippen LogP contribution in [0.15, 0.2) is 53.0 Å². The number of methoxy groups -OCH3 is 1. The summed E-state index contributed by atoms with van der Waals surface area (Å²) in [4.78, 5) is 12.8. The molecule has 3 aromatic carbocycles. The average Bonchev–Trinajstić information content (AvgIpc) is 2.59. The SMILES string of the molecule is COc1c(C(=O)Nc2cccc(Cl)c2C)cc2ccccc2c1Br. The van der Waals surface area contributed by atoms with E-state index in [2.05, 4.69) is 21.2 Å². The molecular formula is C19H15BrClNO2. The number of nitrogens with one attached hydrogen (secondary N) is 1. The number of anilines is 1. The summed E-state index contributed by atoms with van der Waals surface area (Å²) in [6.45, 7) is 1.87. The van der Waals surface area contributed by atoms with E-state index in [-0.39, 0.29) is 5.91 Å². The Kier molecular flexibility index (Phi) is 4.78. The molecule has 0 heterocycles. The van der Waals surface area contributed by atoms with Crippen molar-refractivity contribution < 1.29 is 9.53 Å². The van der Waals surface area contributed by atoms with Gasteiger partial charge in [0.25, 0.3) is 5.91 Å². The van der Waals surface area contributed by atoms with Gasteiger partial charge in [-0.3, -0.25) is 4.79 Å². The number of amides is 1. The molecule has 3 aromatic rings. The summed E-state index contributed by atoms with van der Waals surface area (Å²) in [6, 6.07) is 15.1. The fourth-order valence-electron chi connectivity index (χ4n) is 2.59. The second kappa shape index (κ2) is 6.83. The molecule has 0 unspecified atom stereocenters. The van der Waals surface area contributed by atoms with Gasteiger partial charge in [-0.15, -0.1) is 0 Å². The summed E-state index contributed by atoms with van der Waals surface area (Å²) in [6.07, 6.45) is 0. The van der Waals surface area contributed by atoms with E-state index in [1.54, 1.807) is 19.2 Å². The molecule has 1 amide bonds. The minimum atomic E-state index is -0.247. The van der Waals surface area contributed by atoms with Crippen LogP contribution in [0.25, 0.3) is 10.8 Å². The summed E-state index contributed by atoms with van der Waals surface area (Å²) in [7, 11) is 1.55. The predicted molar refractivity (Wildman–Crippen MR) is 102 cm³/mol. The Bertz CT molecular complexity index is 940. The van der Waals surface area contributed by atoms with Crippen LogP contribution in [-0.4, -0.2) is 13.0 Å². The number of ether oxygens (including phenoxy) is 1. The Balaban J connectivity index is 2.08. The molecule has 0 aliphatic carbocycles. The fraction of sp³-hybridized carbons (Fsp3) is 0.105. The van der Waals surface area contributed by atoms with Gasteiger partial charge in [-0.25, -0.2) is 0 Å². The molecule has 0 aliphatic heterocycles. The smallest absolute Gasteiger partial charge is 0.259 e. The van der Waals surface area contributed by atoms with Crippen molar-refractivity contribution in [1.82, 2.24) is 0 Å². The molecule has 0 fully saturated rings. The maximum Gasteiger partial charge on any atom is 0.259 e. The largest absolute Gasteiger partial charge is 0.495 e. The van der Waals surface area contributed by atoms with Crippen molar-refractivity contribution in [2.75, 3.05) is 12.4 Å². The molecule has 3 nitrogen and oxygen atoms in total. The van der Waals surface area contributed by atoms with Crippen LogP contribution in [0.1, 0.15) is 15.9 Å². The highest BCUT2D eigenvalue weighted by Crippen LogP contribution is 2.37. The second-order valence-corrected chi connectivity index (χ2v) is 6.56. The van der Waals surface area contributed by atoms with Crippen LogP contribution in [0.3, 0.4) is 0 Å². The van der Waals surface area contributed by atoms with E-state index in [4.69, 9.17) is 16.3 Å². The monoisotopic (exact) mass is 403 g/mol. The quantitative estimate of drug-likeness (QED) is 0.597. The molecule has 0 saturated carbocycles. The zero-order chi connectivity index (χ0) is 17.3. The van der Waals surface area contributed by atoms with Gasteiger partial charge in [0, 0.05) is 10.7 Å². The van der Waals surface area contributed by atoms with Crippen LogP contribution in [0.2, 0.25) is 5.02 Å². The van der Waals surface area contributed by atoms with Gasteiger partial charge in [-0.2, -0.15) is 0 Å². The molecule has 0 saturated heterocycles. The lowest BCUT2D eigenvalue weighted by molar-refractivity contribution is 0.102. The standard InChI is InChI=1S/C19H15BrClNO2/c1-11-15(21)8-5-9-16(11)22-19(23)14-10-12-6-3-4-7-13(12)17(20)18(14)24-2/h3-10H,1-2H3,(H,22,23). The zero-order valence-corrected chi connectivity index (χ0v) is 15.5. The van der Waals surface area contributed by atoms with Gasteiger partial charge in [-0.1, -0.05) is 41.9 Å². The molecule has 0 aromatic heterocycles. The highest BCUT2D eigenvalue weighted by molar-refractivity contribution is 9.10. The van der Waals surface area contributed by atoms with Crippen LogP contribution in [-0.2, 0) is 0 Å². The van der Waals surface area contributed by atoms with E-state index in [1.807, 2.05) is 43.3 Å². The third kappa shape index (κ3) is 2.99. The lowest BCUT2D eigenvalue weighted by Crippen LogP contribution is -2.14. The second-order valence-electron chi connectivity index (χ2n) is 5.36. The maximum atomic E-state index is 12.8. The van der Waals surface area contributed by atoms with Crippen molar-refractivity contribution in [2.45, 2.75) is 6.92 Å². The molecule has 5 heteroatoms. The summed E-state index contributed by atoms with van der Waals surface area (Å²) >= 11 is 9.67. The number of rotatable bonds is 3. The molecule has 0 bridgehead atoms. The van der Waals surface area contributed by atoms with Gasteiger partial charge in [0.15, 0.2) is 0 Å². The first-order chi connectivity index (χ1) is 11.5. The number of benzene rings is 3. The molecule has 3 rings (SSSR count). The summed E-state index contributed by atoms with van der Waals surface area (Å²) < 4.78 is 6.22. The van der Waals surface area contributed by atoms with Crippen molar-refractivity contribution in [3.63, 3.8) is 0 Å². The average molecular weight is 405 g/mol. The Labute approximate surface area is 153 Å². The van der Waals surface area contributed by atoms with E-state index in [0.717, 1.165) is 20.8 Å². The maximum absolute atomic E-state index is 12.8. The number of carbonyl (C=O) groups is 1. The van der Waals surface area contributed by atoms with Crippen LogP contribution >= 0.6 is 27.5 Å².